The Morgan fingerprint density at radius 2 is 2.10 bits per heavy atom. The monoisotopic (exact) mass is 137 g/mol. The molecule has 0 fully saturated rings. The number of benzene rings is 1. The maximum Gasteiger partial charge on any atom is 0.0960 e. The van der Waals surface area contributed by atoms with Gasteiger partial charge >= 0.3 is 0 Å². The summed E-state index contributed by atoms with van der Waals surface area (Å²) in [4.78, 5) is 0. The first kappa shape index (κ1) is 7.26. The summed E-state index contributed by atoms with van der Waals surface area (Å²) in [7, 11) is 0. The zero-order chi connectivity index (χ0) is 7.40. The second-order valence-electron chi connectivity index (χ2n) is 2.39. The smallest absolute Gasteiger partial charge is 0.0960 e. The second kappa shape index (κ2) is 3.35. The lowest BCUT2D eigenvalue weighted by Gasteiger charge is -2.04. The minimum atomic E-state index is -0.288. The van der Waals surface area contributed by atoms with E-state index in [1.807, 2.05) is 31.2 Å². The number of hydrogen-bond acceptors (Lipinski definition) is 0. The fraction of sp³-hybridized carbons (Fsp3) is 0.333. The van der Waals surface area contributed by atoms with Crippen molar-refractivity contribution in [2.45, 2.75) is 12.8 Å². The predicted molar refractivity (Wildman–Crippen MR) is 39.7 cm³/mol. The molecule has 1 aromatic rings. The second-order valence-corrected chi connectivity index (χ2v) is 2.39. The lowest BCUT2D eigenvalue weighted by molar-refractivity contribution is 0.447. The quantitative estimate of drug-likeness (QED) is 0.587. The summed E-state index contributed by atoms with van der Waals surface area (Å²) in [5.74, 6) is 0.0228. The van der Waals surface area contributed by atoms with Crippen LogP contribution in [0.2, 0.25) is 0 Å². The van der Waals surface area contributed by atoms with E-state index in [1.54, 1.807) is 0 Å². The zero-order valence-electron chi connectivity index (χ0n) is 5.97. The lowest BCUT2D eigenvalue weighted by Crippen LogP contribution is -1.93. The Morgan fingerprint density at radius 3 is 2.60 bits per heavy atom. The zero-order valence-corrected chi connectivity index (χ0v) is 5.97. The van der Waals surface area contributed by atoms with E-state index >= 15 is 0 Å². The first-order valence-corrected chi connectivity index (χ1v) is 3.36. The van der Waals surface area contributed by atoms with Crippen molar-refractivity contribution in [2.75, 3.05) is 6.67 Å². The highest BCUT2D eigenvalue weighted by Gasteiger charge is 2.01. The minimum Gasteiger partial charge on any atom is -0.250 e. The van der Waals surface area contributed by atoms with Crippen molar-refractivity contribution < 1.29 is 4.39 Å². The molecular formula is C9H10F. The third-order valence-electron chi connectivity index (χ3n) is 1.54. The highest BCUT2D eigenvalue weighted by atomic mass is 19.1. The molecule has 0 heterocycles. The largest absolute Gasteiger partial charge is 0.250 e. The SMILES string of the molecule is CC(CF)c1cc[c]cc1. The Balaban J connectivity index is 2.75. The molecule has 1 rings (SSSR count). The van der Waals surface area contributed by atoms with Crippen LogP contribution in [-0.4, -0.2) is 6.67 Å². The summed E-state index contributed by atoms with van der Waals surface area (Å²) in [5, 5.41) is 0. The Bertz CT molecular complexity index is 181. The average Bonchev–Trinajstić information content (AvgIpc) is 2.05. The highest BCUT2D eigenvalue weighted by Crippen LogP contribution is 2.13. The molecule has 1 atom stereocenters. The summed E-state index contributed by atoms with van der Waals surface area (Å²) in [6.07, 6.45) is 0. The average molecular weight is 137 g/mol. The van der Waals surface area contributed by atoms with Gasteiger partial charge in [-0.25, -0.2) is 0 Å². The Kier molecular flexibility index (Phi) is 2.43. The Labute approximate surface area is 60.7 Å². The molecule has 0 aliphatic heterocycles. The van der Waals surface area contributed by atoms with Crippen molar-refractivity contribution in [1.29, 1.82) is 0 Å². The van der Waals surface area contributed by atoms with Gasteiger partial charge < -0.3 is 0 Å². The van der Waals surface area contributed by atoms with E-state index in [1.165, 1.54) is 0 Å². The Morgan fingerprint density at radius 1 is 1.50 bits per heavy atom. The first-order chi connectivity index (χ1) is 4.84. The van der Waals surface area contributed by atoms with Gasteiger partial charge in [0.05, 0.1) is 6.67 Å². The molecule has 0 N–H and O–H groups in total. The number of halogens is 1. The van der Waals surface area contributed by atoms with Gasteiger partial charge in [0.25, 0.3) is 0 Å². The molecule has 1 unspecified atom stereocenters. The van der Waals surface area contributed by atoms with Crippen molar-refractivity contribution in [1.82, 2.24) is 0 Å². The molecule has 53 valence electrons. The van der Waals surface area contributed by atoms with Gasteiger partial charge in [0.1, 0.15) is 0 Å². The third kappa shape index (κ3) is 1.56. The van der Waals surface area contributed by atoms with Gasteiger partial charge in [0.15, 0.2) is 0 Å². The molecule has 0 aliphatic rings. The number of hydrogen-bond donors (Lipinski definition) is 0. The standard InChI is InChI=1S/C9H10F/c1-8(7-10)9-5-3-2-4-6-9/h3-6,8H,7H2,1H3. The molecule has 10 heavy (non-hydrogen) atoms. The van der Waals surface area contributed by atoms with E-state index in [9.17, 15) is 4.39 Å². The predicted octanol–water partition coefficient (Wildman–Crippen LogP) is 2.56. The van der Waals surface area contributed by atoms with E-state index in [2.05, 4.69) is 6.07 Å². The molecule has 0 nitrogen and oxygen atoms in total. The van der Waals surface area contributed by atoms with E-state index in [0.29, 0.717) is 0 Å². The summed E-state index contributed by atoms with van der Waals surface area (Å²) in [6.45, 7) is 1.58. The van der Waals surface area contributed by atoms with E-state index < -0.39 is 0 Å². The molecular weight excluding hydrogens is 127 g/mol. The van der Waals surface area contributed by atoms with Crippen LogP contribution in [0.5, 0.6) is 0 Å². The molecule has 0 amide bonds. The lowest BCUT2D eigenvalue weighted by atomic mass is 10.0. The fourth-order valence-corrected chi connectivity index (χ4v) is 0.817. The van der Waals surface area contributed by atoms with Crippen molar-refractivity contribution in [3.63, 3.8) is 0 Å². The molecule has 0 bridgehead atoms. The fourth-order valence-electron chi connectivity index (χ4n) is 0.817. The van der Waals surface area contributed by atoms with Crippen LogP contribution in [0.15, 0.2) is 24.3 Å². The third-order valence-corrected chi connectivity index (χ3v) is 1.54. The summed E-state index contributed by atoms with van der Waals surface area (Å²) in [5.41, 5.74) is 1.04. The van der Waals surface area contributed by atoms with Crippen LogP contribution in [0, 0.1) is 6.07 Å². The van der Waals surface area contributed by atoms with Crippen LogP contribution in [0.4, 0.5) is 4.39 Å². The van der Waals surface area contributed by atoms with Crippen molar-refractivity contribution in [3.8, 4) is 0 Å². The molecule has 0 aromatic heterocycles. The molecule has 0 saturated carbocycles. The van der Waals surface area contributed by atoms with Gasteiger partial charge in [0, 0.05) is 5.92 Å². The molecule has 1 aromatic carbocycles. The van der Waals surface area contributed by atoms with Crippen LogP contribution < -0.4 is 0 Å². The van der Waals surface area contributed by atoms with Gasteiger partial charge in [-0.05, 0) is 11.6 Å². The normalized spacial score (nSPS) is 13.0. The van der Waals surface area contributed by atoms with Crippen LogP contribution in [0.1, 0.15) is 18.4 Å². The minimum absolute atomic E-state index is 0.0228. The van der Waals surface area contributed by atoms with Gasteiger partial charge in [-0.1, -0.05) is 31.2 Å². The highest BCUT2D eigenvalue weighted by molar-refractivity contribution is 5.17. The first-order valence-electron chi connectivity index (χ1n) is 3.36. The molecule has 1 heteroatoms. The molecule has 0 aliphatic carbocycles. The Hall–Kier alpha value is -0.850. The topological polar surface area (TPSA) is 0 Å². The van der Waals surface area contributed by atoms with E-state index in [0.717, 1.165) is 5.56 Å². The van der Waals surface area contributed by atoms with E-state index in [4.69, 9.17) is 0 Å². The van der Waals surface area contributed by atoms with Crippen LogP contribution >= 0.6 is 0 Å². The van der Waals surface area contributed by atoms with Gasteiger partial charge in [-0.2, -0.15) is 0 Å². The molecule has 1 radical (unpaired) electrons. The van der Waals surface area contributed by atoms with Crippen LogP contribution in [-0.2, 0) is 0 Å². The number of rotatable bonds is 2. The maximum absolute atomic E-state index is 12.1. The van der Waals surface area contributed by atoms with Gasteiger partial charge in [-0.3, -0.25) is 4.39 Å². The summed E-state index contributed by atoms with van der Waals surface area (Å²) in [6, 6.07) is 10.3. The molecule has 0 spiro atoms. The van der Waals surface area contributed by atoms with Crippen molar-refractivity contribution >= 4 is 0 Å². The number of alkyl halides is 1. The van der Waals surface area contributed by atoms with E-state index in [-0.39, 0.29) is 12.6 Å². The summed E-state index contributed by atoms with van der Waals surface area (Å²) >= 11 is 0. The van der Waals surface area contributed by atoms with Crippen molar-refractivity contribution in [3.05, 3.63) is 35.9 Å². The van der Waals surface area contributed by atoms with Gasteiger partial charge in [0.2, 0.25) is 0 Å². The van der Waals surface area contributed by atoms with Crippen molar-refractivity contribution in [2.24, 2.45) is 0 Å². The maximum atomic E-state index is 12.1. The van der Waals surface area contributed by atoms with Crippen LogP contribution in [0.3, 0.4) is 0 Å². The van der Waals surface area contributed by atoms with Crippen LogP contribution in [0.25, 0.3) is 0 Å². The summed E-state index contributed by atoms with van der Waals surface area (Å²) < 4.78 is 12.1. The molecule has 0 saturated heterocycles. The van der Waals surface area contributed by atoms with Gasteiger partial charge in [-0.15, -0.1) is 0 Å².